The zero-order valence-corrected chi connectivity index (χ0v) is 21.3. The van der Waals surface area contributed by atoms with Gasteiger partial charge in [-0.3, -0.25) is 0 Å². The molecule has 34 heavy (non-hydrogen) atoms. The average molecular weight is 499 g/mol. The SMILES string of the molecule is CCSC(SCC)[C@H](O)[C@@H](O)[C@H](O)COC(c1ccccc1)(c1ccccc1)c1ccccc1. The molecule has 4 nitrogen and oxygen atoms in total. The van der Waals surface area contributed by atoms with Gasteiger partial charge in [-0.2, -0.15) is 0 Å². The minimum absolute atomic E-state index is 0.156. The van der Waals surface area contributed by atoms with Crippen LogP contribution in [0.4, 0.5) is 0 Å². The van der Waals surface area contributed by atoms with Crippen LogP contribution in [0.25, 0.3) is 0 Å². The van der Waals surface area contributed by atoms with Crippen molar-refractivity contribution in [1.82, 2.24) is 0 Å². The van der Waals surface area contributed by atoms with E-state index in [9.17, 15) is 15.3 Å². The molecule has 0 bridgehead atoms. The Balaban J connectivity index is 1.95. The molecule has 3 aromatic rings. The first-order chi connectivity index (χ1) is 16.5. The smallest absolute Gasteiger partial charge is 0.143 e. The van der Waals surface area contributed by atoms with Gasteiger partial charge in [-0.05, 0) is 28.2 Å². The summed E-state index contributed by atoms with van der Waals surface area (Å²) in [5, 5.41) is 32.5. The zero-order chi connectivity index (χ0) is 24.4. The van der Waals surface area contributed by atoms with Crippen molar-refractivity contribution in [3.63, 3.8) is 0 Å². The van der Waals surface area contributed by atoms with E-state index in [1.54, 1.807) is 23.5 Å². The molecule has 0 radical (unpaired) electrons. The van der Waals surface area contributed by atoms with Gasteiger partial charge in [0.1, 0.15) is 23.9 Å². The molecule has 0 aliphatic carbocycles. The predicted molar refractivity (Wildman–Crippen MR) is 143 cm³/mol. The molecule has 0 aliphatic rings. The number of aliphatic hydroxyl groups is 3. The minimum Gasteiger partial charge on any atom is -0.388 e. The monoisotopic (exact) mass is 498 g/mol. The fraction of sp³-hybridized carbons (Fsp3) is 0.357. The van der Waals surface area contributed by atoms with Crippen molar-refractivity contribution in [2.45, 2.75) is 42.3 Å². The summed E-state index contributed by atoms with van der Waals surface area (Å²) in [5.41, 5.74) is 1.74. The maximum Gasteiger partial charge on any atom is 0.143 e. The molecule has 0 spiro atoms. The number of thioether (sulfide) groups is 2. The van der Waals surface area contributed by atoms with Crippen LogP contribution in [-0.4, -0.2) is 56.3 Å². The Bertz CT molecular complexity index is 853. The van der Waals surface area contributed by atoms with Crippen molar-refractivity contribution < 1.29 is 20.1 Å². The van der Waals surface area contributed by atoms with Crippen LogP contribution in [0.2, 0.25) is 0 Å². The lowest BCUT2D eigenvalue weighted by Gasteiger charge is -2.37. The predicted octanol–water partition coefficient (Wildman–Crippen LogP) is 4.91. The van der Waals surface area contributed by atoms with Crippen LogP contribution in [0.3, 0.4) is 0 Å². The maximum atomic E-state index is 10.9. The summed E-state index contributed by atoms with van der Waals surface area (Å²) in [4.78, 5) is 0. The van der Waals surface area contributed by atoms with Gasteiger partial charge in [0.05, 0.1) is 11.2 Å². The summed E-state index contributed by atoms with van der Waals surface area (Å²) in [6, 6.07) is 29.7. The van der Waals surface area contributed by atoms with Crippen molar-refractivity contribution in [3.8, 4) is 0 Å². The fourth-order valence-corrected chi connectivity index (χ4v) is 6.61. The summed E-state index contributed by atoms with van der Waals surface area (Å²) >= 11 is 3.14. The molecular formula is C28H34O4S2. The molecule has 0 saturated heterocycles. The number of hydrogen-bond donors (Lipinski definition) is 3. The largest absolute Gasteiger partial charge is 0.388 e. The van der Waals surface area contributed by atoms with Crippen LogP contribution in [0.1, 0.15) is 30.5 Å². The summed E-state index contributed by atoms with van der Waals surface area (Å²) in [6.45, 7) is 3.87. The Kier molecular flexibility index (Phi) is 10.5. The number of benzene rings is 3. The summed E-state index contributed by atoms with van der Waals surface area (Å²) < 4.78 is 6.37. The van der Waals surface area contributed by atoms with E-state index >= 15 is 0 Å². The van der Waals surface area contributed by atoms with Gasteiger partial charge < -0.3 is 20.1 Å². The number of hydrogen-bond acceptors (Lipinski definition) is 6. The molecule has 3 N–H and O–H groups in total. The second-order valence-electron chi connectivity index (χ2n) is 7.92. The van der Waals surface area contributed by atoms with Crippen molar-refractivity contribution in [2.75, 3.05) is 18.1 Å². The van der Waals surface area contributed by atoms with Crippen LogP contribution in [0.15, 0.2) is 91.0 Å². The molecular weight excluding hydrogens is 464 g/mol. The Morgan fingerprint density at radius 2 is 1.03 bits per heavy atom. The summed E-state index contributed by atoms with van der Waals surface area (Å²) in [7, 11) is 0. The summed E-state index contributed by atoms with van der Waals surface area (Å²) in [5.74, 6) is 1.63. The highest BCUT2D eigenvalue weighted by Gasteiger charge is 2.40. The standard InChI is InChI=1S/C28H34O4S2/c1-3-33-27(34-4-2)26(31)25(30)24(29)20-32-28(21-14-8-5-9-15-21,22-16-10-6-11-17-22)23-18-12-7-13-19-23/h5-19,24-27,29-31H,3-4,20H2,1-2H3/t24-,25+,26-/m1/s1. The molecule has 0 aromatic heterocycles. The minimum atomic E-state index is -1.33. The van der Waals surface area contributed by atoms with E-state index < -0.39 is 23.9 Å². The van der Waals surface area contributed by atoms with E-state index in [4.69, 9.17) is 4.74 Å². The second kappa shape index (κ2) is 13.3. The molecule has 0 fully saturated rings. The van der Waals surface area contributed by atoms with Gasteiger partial charge in [0, 0.05) is 0 Å². The fourth-order valence-electron chi connectivity index (χ4n) is 4.04. The molecule has 6 heteroatoms. The van der Waals surface area contributed by atoms with Crippen LogP contribution in [0.5, 0.6) is 0 Å². The lowest BCUT2D eigenvalue weighted by molar-refractivity contribution is -0.107. The lowest BCUT2D eigenvalue weighted by atomic mass is 9.80. The third-order valence-corrected chi connectivity index (χ3v) is 8.39. The van der Waals surface area contributed by atoms with Gasteiger partial charge in [-0.15, -0.1) is 23.5 Å². The molecule has 0 amide bonds. The highest BCUT2D eigenvalue weighted by molar-refractivity contribution is 8.17. The summed E-state index contributed by atoms with van der Waals surface area (Å²) in [6.07, 6.45) is -3.67. The van der Waals surface area contributed by atoms with Gasteiger partial charge >= 0.3 is 0 Å². The van der Waals surface area contributed by atoms with Gasteiger partial charge in [-0.25, -0.2) is 0 Å². The van der Waals surface area contributed by atoms with E-state index in [1.807, 2.05) is 105 Å². The van der Waals surface area contributed by atoms with Crippen molar-refractivity contribution in [2.24, 2.45) is 0 Å². The Morgan fingerprint density at radius 1 is 0.647 bits per heavy atom. The van der Waals surface area contributed by atoms with E-state index in [-0.39, 0.29) is 11.2 Å². The highest BCUT2D eigenvalue weighted by Crippen LogP contribution is 2.40. The van der Waals surface area contributed by atoms with Crippen LogP contribution in [0, 0.1) is 0 Å². The molecule has 0 saturated carbocycles. The zero-order valence-electron chi connectivity index (χ0n) is 19.7. The topological polar surface area (TPSA) is 69.9 Å². The van der Waals surface area contributed by atoms with Crippen LogP contribution < -0.4 is 0 Å². The first-order valence-electron chi connectivity index (χ1n) is 11.6. The molecule has 182 valence electrons. The lowest BCUT2D eigenvalue weighted by Crippen LogP contribution is -2.46. The van der Waals surface area contributed by atoms with Crippen molar-refractivity contribution in [1.29, 1.82) is 0 Å². The van der Waals surface area contributed by atoms with E-state index in [0.717, 1.165) is 28.2 Å². The molecule has 0 unspecified atom stereocenters. The third kappa shape index (κ3) is 6.25. The number of aliphatic hydroxyl groups excluding tert-OH is 3. The molecule has 0 aliphatic heterocycles. The van der Waals surface area contributed by atoms with Crippen LogP contribution in [-0.2, 0) is 10.3 Å². The first-order valence-corrected chi connectivity index (χ1v) is 13.7. The maximum absolute atomic E-state index is 10.9. The number of ether oxygens (including phenoxy) is 1. The van der Waals surface area contributed by atoms with Gasteiger partial charge in [-0.1, -0.05) is 105 Å². The first kappa shape index (κ1) is 26.8. The van der Waals surface area contributed by atoms with Crippen molar-refractivity contribution >= 4 is 23.5 Å². The van der Waals surface area contributed by atoms with E-state index in [2.05, 4.69) is 0 Å². The number of rotatable bonds is 13. The molecule has 0 heterocycles. The Labute approximate surface area is 211 Å². The van der Waals surface area contributed by atoms with Gasteiger partial charge in [0.15, 0.2) is 0 Å². The third-order valence-electron chi connectivity index (χ3n) is 5.70. The van der Waals surface area contributed by atoms with Crippen LogP contribution >= 0.6 is 23.5 Å². The van der Waals surface area contributed by atoms with Gasteiger partial charge in [0.25, 0.3) is 0 Å². The normalized spacial score (nSPS) is 14.6. The Morgan fingerprint density at radius 3 is 1.38 bits per heavy atom. The molecule has 3 aromatic carbocycles. The Hall–Kier alpha value is -1.80. The molecule has 3 rings (SSSR count). The van der Waals surface area contributed by atoms with Gasteiger partial charge in [0.2, 0.25) is 0 Å². The quantitative estimate of drug-likeness (QED) is 0.230. The molecule has 3 atom stereocenters. The van der Waals surface area contributed by atoms with Crippen molar-refractivity contribution in [3.05, 3.63) is 108 Å². The van der Waals surface area contributed by atoms with E-state index in [1.165, 1.54) is 0 Å². The second-order valence-corrected chi connectivity index (χ2v) is 11.1. The highest BCUT2D eigenvalue weighted by atomic mass is 32.2. The van der Waals surface area contributed by atoms with E-state index in [0.29, 0.717) is 0 Å². The average Bonchev–Trinajstić information content (AvgIpc) is 2.90.